The predicted molar refractivity (Wildman–Crippen MR) is 113 cm³/mol. The number of halogens is 1. The lowest BCUT2D eigenvalue weighted by Gasteiger charge is -2.47. The molecule has 8 nitrogen and oxygen atoms in total. The topological polar surface area (TPSA) is 80.3 Å². The molecular weight excluding hydrogens is 405 g/mol. The fraction of sp³-hybridized carbons (Fsp3) is 0.636. The van der Waals surface area contributed by atoms with E-state index in [1.165, 1.54) is 17.9 Å². The van der Waals surface area contributed by atoms with Gasteiger partial charge in [0, 0.05) is 38.3 Å². The zero-order valence-corrected chi connectivity index (χ0v) is 18.3. The van der Waals surface area contributed by atoms with E-state index in [1.54, 1.807) is 12.1 Å². The molecule has 2 amide bonds. The Kier molecular flexibility index (Phi) is 5.83. The first kappa shape index (κ1) is 21.8. The zero-order valence-electron chi connectivity index (χ0n) is 18.3. The van der Waals surface area contributed by atoms with Crippen LogP contribution in [0.25, 0.3) is 0 Å². The summed E-state index contributed by atoms with van der Waals surface area (Å²) in [5.74, 6) is -1.15. The highest BCUT2D eigenvalue weighted by atomic mass is 19.1. The maximum Gasteiger partial charge on any atom is 0.414 e. The first-order valence-electron chi connectivity index (χ1n) is 10.7. The van der Waals surface area contributed by atoms with Crippen LogP contribution < -0.4 is 15.1 Å². The Morgan fingerprint density at radius 3 is 2.52 bits per heavy atom. The Labute approximate surface area is 181 Å². The normalized spacial score (nSPS) is 24.9. The number of piperidine rings is 1. The molecule has 31 heavy (non-hydrogen) atoms. The molecule has 3 fully saturated rings. The van der Waals surface area contributed by atoms with Crippen molar-refractivity contribution in [1.82, 2.24) is 5.32 Å². The number of carbonyl (C=O) groups excluding carboxylic acids is 2. The van der Waals surface area contributed by atoms with E-state index in [0.717, 1.165) is 0 Å². The molecule has 0 radical (unpaired) electrons. The van der Waals surface area contributed by atoms with E-state index in [-0.39, 0.29) is 24.4 Å². The van der Waals surface area contributed by atoms with Gasteiger partial charge < -0.3 is 24.4 Å². The molecule has 0 aliphatic carbocycles. The molecule has 0 bridgehead atoms. The third-order valence-electron chi connectivity index (χ3n) is 6.01. The predicted octanol–water partition coefficient (Wildman–Crippen LogP) is 2.66. The van der Waals surface area contributed by atoms with Crippen molar-refractivity contribution in [3.63, 3.8) is 0 Å². The molecule has 1 atom stereocenters. The van der Waals surface area contributed by atoms with E-state index in [9.17, 15) is 14.0 Å². The van der Waals surface area contributed by atoms with Gasteiger partial charge in [-0.15, -0.1) is 0 Å². The van der Waals surface area contributed by atoms with Crippen LogP contribution in [0.5, 0.6) is 0 Å². The lowest BCUT2D eigenvalue weighted by atomic mass is 9.92. The Morgan fingerprint density at radius 1 is 1.23 bits per heavy atom. The van der Waals surface area contributed by atoms with E-state index in [2.05, 4.69) is 19.2 Å². The monoisotopic (exact) mass is 435 g/mol. The maximum atomic E-state index is 15.0. The van der Waals surface area contributed by atoms with Crippen LogP contribution in [0.1, 0.15) is 33.6 Å². The summed E-state index contributed by atoms with van der Waals surface area (Å²) in [5.41, 5.74) is 0.950. The Balaban J connectivity index is 1.37. The number of anilines is 2. The number of nitrogens with one attached hydrogen (secondary N) is 1. The van der Waals surface area contributed by atoms with Crippen molar-refractivity contribution in [1.29, 1.82) is 0 Å². The van der Waals surface area contributed by atoms with Crippen molar-refractivity contribution in [2.24, 2.45) is 5.41 Å². The highest BCUT2D eigenvalue weighted by Gasteiger charge is 2.43. The number of ether oxygens (including phenoxy) is 3. The molecule has 1 aromatic carbocycles. The van der Waals surface area contributed by atoms with Crippen LogP contribution in [0.15, 0.2) is 18.2 Å². The number of benzene rings is 1. The molecule has 1 N–H and O–H groups in total. The van der Waals surface area contributed by atoms with Gasteiger partial charge in [0.1, 0.15) is 11.9 Å². The van der Waals surface area contributed by atoms with Crippen molar-refractivity contribution >= 4 is 23.4 Å². The van der Waals surface area contributed by atoms with Gasteiger partial charge in [0.25, 0.3) is 0 Å². The van der Waals surface area contributed by atoms with Gasteiger partial charge in [0.15, 0.2) is 5.79 Å². The Morgan fingerprint density at radius 2 is 1.90 bits per heavy atom. The third kappa shape index (κ3) is 4.77. The average molecular weight is 435 g/mol. The van der Waals surface area contributed by atoms with Gasteiger partial charge in [-0.1, -0.05) is 13.8 Å². The smallest absolute Gasteiger partial charge is 0.414 e. The molecule has 1 aromatic rings. The highest BCUT2D eigenvalue weighted by molar-refractivity contribution is 5.90. The number of hydrogen-bond donors (Lipinski definition) is 1. The summed E-state index contributed by atoms with van der Waals surface area (Å²) in [4.78, 5) is 26.6. The molecule has 170 valence electrons. The van der Waals surface area contributed by atoms with E-state index < -0.39 is 23.8 Å². The summed E-state index contributed by atoms with van der Waals surface area (Å²) in [7, 11) is 0. The Bertz CT molecular complexity index is 842. The number of cyclic esters (lactones) is 1. The number of amides is 2. The van der Waals surface area contributed by atoms with E-state index in [4.69, 9.17) is 14.2 Å². The molecule has 1 spiro atoms. The molecule has 3 aliphatic rings. The summed E-state index contributed by atoms with van der Waals surface area (Å²) < 4.78 is 32.3. The number of nitrogens with zero attached hydrogens (tertiary/aromatic N) is 2. The lowest BCUT2D eigenvalue weighted by molar-refractivity contribution is -0.305. The largest absolute Gasteiger partial charge is 0.442 e. The number of hydrogen-bond acceptors (Lipinski definition) is 6. The van der Waals surface area contributed by atoms with Crippen LogP contribution in [-0.2, 0) is 19.0 Å². The molecule has 3 aliphatic heterocycles. The van der Waals surface area contributed by atoms with Crippen LogP contribution in [0.2, 0.25) is 0 Å². The van der Waals surface area contributed by atoms with Crippen LogP contribution in [-0.4, -0.2) is 63.3 Å². The molecule has 9 heteroatoms. The number of carbonyl (C=O) groups is 2. The van der Waals surface area contributed by atoms with E-state index in [1.807, 2.05) is 4.90 Å². The SMILES string of the molecule is CC(=O)NC[C@H]1CN(c2ccc(N3CCC4(CC3)OCC(C)(C)CO4)c(F)c2)C(=O)O1. The number of rotatable bonds is 4. The second-order valence-corrected chi connectivity index (χ2v) is 9.33. The second-order valence-electron chi connectivity index (χ2n) is 9.33. The third-order valence-corrected chi connectivity index (χ3v) is 6.01. The van der Waals surface area contributed by atoms with Gasteiger partial charge in [-0.3, -0.25) is 9.69 Å². The molecule has 0 unspecified atom stereocenters. The van der Waals surface area contributed by atoms with Gasteiger partial charge in [0.2, 0.25) is 5.91 Å². The van der Waals surface area contributed by atoms with Crippen molar-refractivity contribution < 1.29 is 28.2 Å². The maximum absolute atomic E-state index is 15.0. The Hall–Kier alpha value is -2.39. The average Bonchev–Trinajstić information content (AvgIpc) is 3.10. The van der Waals surface area contributed by atoms with Gasteiger partial charge in [0.05, 0.1) is 37.7 Å². The highest BCUT2D eigenvalue weighted by Crippen LogP contribution is 2.38. The van der Waals surface area contributed by atoms with Gasteiger partial charge >= 0.3 is 6.09 Å². The van der Waals surface area contributed by atoms with Crippen LogP contribution in [0.3, 0.4) is 0 Å². The summed E-state index contributed by atoms with van der Waals surface area (Å²) in [6.45, 7) is 8.69. The standard InChI is InChI=1S/C22H30FN3O5/c1-15(27)24-11-17-12-26(20(28)31-17)16-4-5-19(18(23)10-16)25-8-6-22(7-9-25)29-13-21(2,3)14-30-22/h4-5,10,17H,6-9,11-14H2,1-3H3,(H,24,27)/t17-/m0/s1. The fourth-order valence-electron chi connectivity index (χ4n) is 4.13. The van der Waals surface area contributed by atoms with Crippen LogP contribution in [0, 0.1) is 11.2 Å². The molecular formula is C22H30FN3O5. The molecule has 4 rings (SSSR count). The minimum atomic E-state index is -0.565. The van der Waals surface area contributed by atoms with Crippen molar-refractivity contribution in [3.8, 4) is 0 Å². The van der Waals surface area contributed by atoms with Gasteiger partial charge in [-0.05, 0) is 18.2 Å². The minimum Gasteiger partial charge on any atom is -0.442 e. The summed E-state index contributed by atoms with van der Waals surface area (Å²) in [6.07, 6.45) is 0.344. The molecule has 0 saturated carbocycles. The zero-order chi connectivity index (χ0) is 22.2. The van der Waals surface area contributed by atoms with E-state index >= 15 is 0 Å². The summed E-state index contributed by atoms with van der Waals surface area (Å²) in [6, 6.07) is 4.78. The fourth-order valence-corrected chi connectivity index (χ4v) is 4.13. The second kappa shape index (κ2) is 8.27. The molecule has 0 aromatic heterocycles. The molecule has 3 heterocycles. The first-order valence-corrected chi connectivity index (χ1v) is 10.7. The minimum absolute atomic E-state index is 0.0161. The van der Waals surface area contributed by atoms with E-state index in [0.29, 0.717) is 50.5 Å². The lowest BCUT2D eigenvalue weighted by Crippen LogP contribution is -2.53. The van der Waals surface area contributed by atoms with Crippen LogP contribution >= 0.6 is 0 Å². The quantitative estimate of drug-likeness (QED) is 0.783. The van der Waals surface area contributed by atoms with Crippen molar-refractivity contribution in [2.45, 2.75) is 45.5 Å². The van der Waals surface area contributed by atoms with Crippen LogP contribution in [0.4, 0.5) is 20.6 Å². The first-order chi connectivity index (χ1) is 14.7. The summed E-state index contributed by atoms with van der Waals surface area (Å²) in [5, 5.41) is 2.63. The van der Waals surface area contributed by atoms with Gasteiger partial charge in [-0.25, -0.2) is 9.18 Å². The molecule has 3 saturated heterocycles. The van der Waals surface area contributed by atoms with Crippen molar-refractivity contribution in [3.05, 3.63) is 24.0 Å². The van der Waals surface area contributed by atoms with Gasteiger partial charge in [-0.2, -0.15) is 0 Å². The van der Waals surface area contributed by atoms with Crippen molar-refractivity contribution in [2.75, 3.05) is 49.2 Å². The summed E-state index contributed by atoms with van der Waals surface area (Å²) >= 11 is 0.